The van der Waals surface area contributed by atoms with Crippen LogP contribution in [-0.4, -0.2) is 31.1 Å². The Balaban J connectivity index is 0.00000200. The molecule has 1 heterocycles. The van der Waals surface area contributed by atoms with Crippen molar-refractivity contribution in [2.24, 2.45) is 5.41 Å². The molecule has 0 spiro atoms. The molecule has 21 heavy (non-hydrogen) atoms. The molecule has 0 saturated carbocycles. The second kappa shape index (κ2) is 8.81. The maximum Gasteiger partial charge on any atom is 0.0469 e. The van der Waals surface area contributed by atoms with Gasteiger partial charge in [0.2, 0.25) is 0 Å². The molecular formula is C15H24Cl4N2. The fourth-order valence-electron chi connectivity index (χ4n) is 2.88. The molecule has 1 fully saturated rings. The van der Waals surface area contributed by atoms with Gasteiger partial charge >= 0.3 is 0 Å². The summed E-state index contributed by atoms with van der Waals surface area (Å²) in [6.07, 6.45) is 0. The van der Waals surface area contributed by atoms with E-state index in [2.05, 4.69) is 31.0 Å². The first-order valence-corrected chi connectivity index (χ1v) is 7.55. The Morgan fingerprint density at radius 1 is 1.05 bits per heavy atom. The summed E-state index contributed by atoms with van der Waals surface area (Å²) in [6, 6.07) is 6.02. The quantitative estimate of drug-likeness (QED) is 0.798. The van der Waals surface area contributed by atoms with Crippen molar-refractivity contribution < 1.29 is 0 Å². The number of halogens is 4. The molecule has 0 radical (unpaired) electrons. The van der Waals surface area contributed by atoms with Crippen LogP contribution < -0.4 is 5.32 Å². The number of benzene rings is 1. The second-order valence-electron chi connectivity index (χ2n) is 6.19. The summed E-state index contributed by atoms with van der Waals surface area (Å²) in [5.74, 6) is 0. The molecule has 0 unspecified atom stereocenters. The van der Waals surface area contributed by atoms with Crippen molar-refractivity contribution in [3.05, 3.63) is 33.8 Å². The first-order chi connectivity index (χ1) is 8.91. The number of nitrogens with one attached hydrogen (secondary N) is 1. The fourth-order valence-corrected chi connectivity index (χ4v) is 3.48. The summed E-state index contributed by atoms with van der Waals surface area (Å²) in [7, 11) is 0. The van der Waals surface area contributed by atoms with Crippen LogP contribution in [0, 0.1) is 5.41 Å². The monoisotopic (exact) mass is 372 g/mol. The van der Waals surface area contributed by atoms with Crippen molar-refractivity contribution in [1.82, 2.24) is 10.2 Å². The number of nitrogens with zero attached hydrogens (tertiary/aromatic N) is 1. The zero-order chi connectivity index (χ0) is 14.0. The van der Waals surface area contributed by atoms with Gasteiger partial charge in [0.1, 0.15) is 0 Å². The summed E-state index contributed by atoms with van der Waals surface area (Å²) in [4.78, 5) is 2.49. The van der Waals surface area contributed by atoms with E-state index in [1.54, 1.807) is 0 Å². The maximum atomic E-state index is 6.42. The van der Waals surface area contributed by atoms with Gasteiger partial charge in [0.25, 0.3) is 0 Å². The molecule has 2 rings (SSSR count). The molecule has 6 heteroatoms. The average molecular weight is 374 g/mol. The van der Waals surface area contributed by atoms with E-state index in [1.807, 2.05) is 18.2 Å². The third kappa shape index (κ3) is 5.16. The molecule has 1 saturated heterocycles. The molecule has 1 aromatic carbocycles. The van der Waals surface area contributed by atoms with Crippen LogP contribution in [0.25, 0.3) is 0 Å². The van der Waals surface area contributed by atoms with E-state index in [4.69, 9.17) is 23.2 Å². The average Bonchev–Trinajstić information content (AvgIpc) is 2.33. The minimum atomic E-state index is 0. The van der Waals surface area contributed by atoms with Gasteiger partial charge in [0.15, 0.2) is 0 Å². The number of hydrogen-bond donors (Lipinski definition) is 1. The first kappa shape index (κ1) is 21.3. The molecule has 1 aliphatic heterocycles. The highest BCUT2D eigenvalue weighted by molar-refractivity contribution is 6.36. The molecule has 0 bridgehead atoms. The van der Waals surface area contributed by atoms with Gasteiger partial charge < -0.3 is 5.32 Å². The third-order valence-corrected chi connectivity index (χ3v) is 4.27. The van der Waals surface area contributed by atoms with E-state index in [1.165, 1.54) is 0 Å². The lowest BCUT2D eigenvalue weighted by Gasteiger charge is -2.43. The first-order valence-electron chi connectivity index (χ1n) is 6.80. The maximum absolute atomic E-state index is 6.42. The van der Waals surface area contributed by atoms with Gasteiger partial charge in [-0.25, -0.2) is 0 Å². The summed E-state index contributed by atoms with van der Waals surface area (Å²) in [6.45, 7) is 10.9. The van der Waals surface area contributed by atoms with Gasteiger partial charge in [0, 0.05) is 47.8 Å². The fraction of sp³-hybridized carbons (Fsp3) is 0.600. The number of hydrogen-bond acceptors (Lipinski definition) is 2. The number of piperazine rings is 1. The normalized spacial score (nSPS) is 17.6. The van der Waals surface area contributed by atoms with Gasteiger partial charge in [-0.15, -0.1) is 24.8 Å². The molecule has 0 aliphatic carbocycles. The standard InChI is InChI=1S/C15H22Cl2N2.2ClH/c1-15(2,3)14(19-9-7-18-8-10-19)13-11(16)5-4-6-12(13)17;;/h4-6,14,18H,7-10H2,1-3H3;2*1H/t14-;;/m1../s1. The molecule has 1 N–H and O–H groups in total. The Bertz CT molecular complexity index is 420. The van der Waals surface area contributed by atoms with E-state index in [-0.39, 0.29) is 36.3 Å². The van der Waals surface area contributed by atoms with Gasteiger partial charge in [-0.05, 0) is 17.5 Å². The molecule has 0 aromatic heterocycles. The molecule has 0 amide bonds. The third-order valence-electron chi connectivity index (χ3n) is 3.61. The lowest BCUT2D eigenvalue weighted by molar-refractivity contribution is 0.0863. The lowest BCUT2D eigenvalue weighted by Crippen LogP contribution is -2.48. The van der Waals surface area contributed by atoms with Crippen LogP contribution in [0.4, 0.5) is 0 Å². The molecule has 1 aliphatic rings. The Labute approximate surface area is 150 Å². The molecule has 1 aromatic rings. The van der Waals surface area contributed by atoms with Crippen LogP contribution in [0.3, 0.4) is 0 Å². The Hall–Kier alpha value is 0.300. The summed E-state index contributed by atoms with van der Waals surface area (Å²) in [5, 5.41) is 4.93. The molecule has 2 nitrogen and oxygen atoms in total. The number of rotatable bonds is 2. The molecule has 1 atom stereocenters. The van der Waals surface area contributed by atoms with Crippen molar-refractivity contribution in [2.45, 2.75) is 26.8 Å². The molecular weight excluding hydrogens is 350 g/mol. The van der Waals surface area contributed by atoms with E-state index in [0.29, 0.717) is 0 Å². The van der Waals surface area contributed by atoms with Crippen LogP contribution in [0.1, 0.15) is 32.4 Å². The van der Waals surface area contributed by atoms with Crippen molar-refractivity contribution in [1.29, 1.82) is 0 Å². The van der Waals surface area contributed by atoms with E-state index < -0.39 is 0 Å². The van der Waals surface area contributed by atoms with Crippen LogP contribution in [-0.2, 0) is 0 Å². The summed E-state index contributed by atoms with van der Waals surface area (Å²) >= 11 is 12.8. The van der Waals surface area contributed by atoms with Crippen molar-refractivity contribution >= 4 is 48.0 Å². The van der Waals surface area contributed by atoms with Gasteiger partial charge in [-0.1, -0.05) is 50.0 Å². The van der Waals surface area contributed by atoms with Gasteiger partial charge in [-0.2, -0.15) is 0 Å². The zero-order valence-corrected chi connectivity index (χ0v) is 15.8. The Morgan fingerprint density at radius 3 is 1.95 bits per heavy atom. The van der Waals surface area contributed by atoms with Gasteiger partial charge in [-0.3, -0.25) is 4.90 Å². The summed E-state index contributed by atoms with van der Waals surface area (Å²) < 4.78 is 0. The Morgan fingerprint density at radius 2 is 1.52 bits per heavy atom. The predicted octanol–water partition coefficient (Wildman–Crippen LogP) is 4.83. The van der Waals surface area contributed by atoms with E-state index in [9.17, 15) is 0 Å². The van der Waals surface area contributed by atoms with E-state index >= 15 is 0 Å². The highest BCUT2D eigenvalue weighted by atomic mass is 35.5. The second-order valence-corrected chi connectivity index (χ2v) is 7.00. The predicted molar refractivity (Wildman–Crippen MR) is 97.6 cm³/mol. The smallest absolute Gasteiger partial charge is 0.0469 e. The minimum Gasteiger partial charge on any atom is -0.314 e. The van der Waals surface area contributed by atoms with Crippen molar-refractivity contribution in [2.75, 3.05) is 26.2 Å². The largest absolute Gasteiger partial charge is 0.314 e. The SMILES string of the molecule is CC(C)(C)[C@@H](c1c(Cl)cccc1Cl)N1CCNCC1.Cl.Cl. The van der Waals surface area contributed by atoms with Crippen LogP contribution >= 0.6 is 48.0 Å². The summed E-state index contributed by atoms with van der Waals surface area (Å²) in [5.41, 5.74) is 1.16. The topological polar surface area (TPSA) is 15.3 Å². The van der Waals surface area contributed by atoms with E-state index in [0.717, 1.165) is 41.8 Å². The van der Waals surface area contributed by atoms with Crippen LogP contribution in [0.2, 0.25) is 10.0 Å². The Kier molecular flexibility index (Phi) is 8.93. The van der Waals surface area contributed by atoms with Crippen LogP contribution in [0.15, 0.2) is 18.2 Å². The zero-order valence-electron chi connectivity index (χ0n) is 12.7. The highest BCUT2D eigenvalue weighted by Gasteiger charge is 2.35. The van der Waals surface area contributed by atoms with Crippen molar-refractivity contribution in [3.8, 4) is 0 Å². The highest BCUT2D eigenvalue weighted by Crippen LogP contribution is 2.43. The molecule has 122 valence electrons. The van der Waals surface area contributed by atoms with Crippen LogP contribution in [0.5, 0.6) is 0 Å². The van der Waals surface area contributed by atoms with Crippen molar-refractivity contribution in [3.63, 3.8) is 0 Å². The van der Waals surface area contributed by atoms with Gasteiger partial charge in [0.05, 0.1) is 0 Å². The lowest BCUT2D eigenvalue weighted by atomic mass is 9.81. The minimum absolute atomic E-state index is 0.